The van der Waals surface area contributed by atoms with E-state index in [0.717, 1.165) is 16.7 Å². The summed E-state index contributed by atoms with van der Waals surface area (Å²) < 4.78 is 0. The number of carboxylic acid groups (broad SMARTS) is 1. The Morgan fingerprint density at radius 2 is 1.94 bits per heavy atom. The molecule has 0 bridgehead atoms. The number of carboxylic acids is 1. The van der Waals surface area contributed by atoms with Gasteiger partial charge in [-0.2, -0.15) is 0 Å². The maximum Gasteiger partial charge on any atom is 0.311 e. The average molecular weight is 221 g/mol. The number of nitrogens with two attached hydrogens (primary N) is 1. The van der Waals surface area contributed by atoms with E-state index in [-0.39, 0.29) is 0 Å². The van der Waals surface area contributed by atoms with Gasteiger partial charge in [-0.05, 0) is 38.8 Å². The van der Waals surface area contributed by atoms with Crippen molar-refractivity contribution in [2.45, 2.75) is 33.7 Å². The van der Waals surface area contributed by atoms with Gasteiger partial charge in [0.05, 0.1) is 5.41 Å². The Balaban J connectivity index is 3.14. The zero-order valence-corrected chi connectivity index (χ0v) is 10.2. The van der Waals surface area contributed by atoms with Gasteiger partial charge < -0.3 is 10.8 Å². The monoisotopic (exact) mass is 221 g/mol. The highest BCUT2D eigenvalue weighted by molar-refractivity contribution is 5.75. The van der Waals surface area contributed by atoms with E-state index >= 15 is 0 Å². The van der Waals surface area contributed by atoms with E-state index in [9.17, 15) is 4.79 Å². The van der Waals surface area contributed by atoms with Crippen LogP contribution in [0.25, 0.3) is 0 Å². The topological polar surface area (TPSA) is 63.3 Å². The molecule has 88 valence electrons. The number of rotatable bonds is 3. The zero-order chi connectivity index (χ0) is 12.5. The molecule has 3 heteroatoms. The maximum absolute atomic E-state index is 11.1. The van der Waals surface area contributed by atoms with E-state index in [1.807, 2.05) is 32.0 Å². The van der Waals surface area contributed by atoms with Gasteiger partial charge in [-0.3, -0.25) is 4.79 Å². The number of hydrogen-bond donors (Lipinski definition) is 2. The average Bonchev–Trinajstić information content (AvgIpc) is 2.16. The lowest BCUT2D eigenvalue weighted by molar-refractivity contribution is -0.148. The highest BCUT2D eigenvalue weighted by Gasteiger charge is 2.35. The molecule has 0 saturated carbocycles. The molecular formula is C13H19NO2. The van der Waals surface area contributed by atoms with Gasteiger partial charge in [-0.25, -0.2) is 0 Å². The summed E-state index contributed by atoms with van der Waals surface area (Å²) in [5.74, 6) is -0.875. The zero-order valence-electron chi connectivity index (χ0n) is 10.2. The molecule has 0 amide bonds. The second-order valence-corrected chi connectivity index (χ2v) is 4.86. The third-order valence-electron chi connectivity index (χ3n) is 3.09. The molecule has 1 unspecified atom stereocenters. The van der Waals surface area contributed by atoms with Crippen LogP contribution in [0.2, 0.25) is 0 Å². The molecule has 16 heavy (non-hydrogen) atoms. The van der Waals surface area contributed by atoms with Crippen LogP contribution in [0, 0.1) is 19.3 Å². The molecule has 0 spiro atoms. The van der Waals surface area contributed by atoms with Gasteiger partial charge in [0.25, 0.3) is 0 Å². The van der Waals surface area contributed by atoms with Crippen molar-refractivity contribution in [3.63, 3.8) is 0 Å². The molecule has 3 nitrogen and oxygen atoms in total. The molecule has 0 aliphatic heterocycles. The predicted molar refractivity (Wildman–Crippen MR) is 64.3 cm³/mol. The summed E-state index contributed by atoms with van der Waals surface area (Å²) in [7, 11) is 0. The van der Waals surface area contributed by atoms with Crippen LogP contribution in [-0.4, -0.2) is 11.1 Å². The fourth-order valence-electron chi connectivity index (χ4n) is 1.70. The fraction of sp³-hybridized carbons (Fsp3) is 0.462. The summed E-state index contributed by atoms with van der Waals surface area (Å²) in [4.78, 5) is 11.1. The molecule has 1 rings (SSSR count). The number of aliphatic carboxylic acids is 1. The second kappa shape index (κ2) is 4.26. The summed E-state index contributed by atoms with van der Waals surface area (Å²) in [6.45, 7) is 7.27. The first-order valence-corrected chi connectivity index (χ1v) is 5.33. The standard InChI is InChI=1S/C13H19NO2/c1-8-5-6-10(9(2)7-8)11(14)13(3,4)12(15)16/h5-7,11H,14H2,1-4H3,(H,15,16). The Hall–Kier alpha value is -1.35. The Bertz CT molecular complexity index is 410. The second-order valence-electron chi connectivity index (χ2n) is 4.86. The van der Waals surface area contributed by atoms with Crippen LogP contribution in [-0.2, 0) is 4.79 Å². The van der Waals surface area contributed by atoms with Crippen molar-refractivity contribution in [1.82, 2.24) is 0 Å². The molecule has 1 aromatic rings. The van der Waals surface area contributed by atoms with Crippen molar-refractivity contribution < 1.29 is 9.90 Å². The van der Waals surface area contributed by atoms with Gasteiger partial charge in [-0.15, -0.1) is 0 Å². The van der Waals surface area contributed by atoms with Crippen molar-refractivity contribution >= 4 is 5.97 Å². The van der Waals surface area contributed by atoms with Crippen LogP contribution in [0.1, 0.15) is 36.6 Å². The van der Waals surface area contributed by atoms with Gasteiger partial charge in [0, 0.05) is 6.04 Å². The lowest BCUT2D eigenvalue weighted by Gasteiger charge is -2.28. The van der Waals surface area contributed by atoms with Crippen LogP contribution in [0.3, 0.4) is 0 Å². The van der Waals surface area contributed by atoms with E-state index in [0.29, 0.717) is 0 Å². The Morgan fingerprint density at radius 3 is 2.38 bits per heavy atom. The first kappa shape index (κ1) is 12.7. The third kappa shape index (κ3) is 2.25. The molecule has 0 heterocycles. The first-order chi connectivity index (χ1) is 7.26. The summed E-state index contributed by atoms with van der Waals surface area (Å²) >= 11 is 0. The highest BCUT2D eigenvalue weighted by atomic mass is 16.4. The molecule has 3 N–H and O–H groups in total. The number of hydrogen-bond acceptors (Lipinski definition) is 2. The van der Waals surface area contributed by atoms with E-state index in [2.05, 4.69) is 0 Å². The van der Waals surface area contributed by atoms with Gasteiger partial charge in [0.15, 0.2) is 0 Å². The quantitative estimate of drug-likeness (QED) is 0.823. The Morgan fingerprint density at radius 1 is 1.38 bits per heavy atom. The minimum atomic E-state index is -0.958. The Labute approximate surface area is 96.3 Å². The molecule has 1 aromatic carbocycles. The molecule has 0 fully saturated rings. The van der Waals surface area contributed by atoms with Crippen LogP contribution in [0.5, 0.6) is 0 Å². The van der Waals surface area contributed by atoms with Gasteiger partial charge >= 0.3 is 5.97 Å². The van der Waals surface area contributed by atoms with E-state index in [1.54, 1.807) is 13.8 Å². The fourth-order valence-corrected chi connectivity index (χ4v) is 1.70. The lowest BCUT2D eigenvalue weighted by Crippen LogP contribution is -2.36. The van der Waals surface area contributed by atoms with Crippen molar-refractivity contribution in [2.24, 2.45) is 11.1 Å². The number of aryl methyl sites for hydroxylation is 2. The van der Waals surface area contributed by atoms with Crippen LogP contribution >= 0.6 is 0 Å². The van der Waals surface area contributed by atoms with Crippen molar-refractivity contribution in [2.75, 3.05) is 0 Å². The van der Waals surface area contributed by atoms with Crippen LogP contribution < -0.4 is 5.73 Å². The first-order valence-electron chi connectivity index (χ1n) is 5.33. The largest absolute Gasteiger partial charge is 0.481 e. The Kier molecular flexibility index (Phi) is 3.38. The van der Waals surface area contributed by atoms with Crippen molar-refractivity contribution in [3.8, 4) is 0 Å². The molecule has 0 aromatic heterocycles. The minimum absolute atomic E-state index is 0.495. The van der Waals surface area contributed by atoms with Crippen LogP contribution in [0.15, 0.2) is 18.2 Å². The predicted octanol–water partition coefficient (Wildman–Crippen LogP) is 2.41. The molecule has 0 aliphatic rings. The third-order valence-corrected chi connectivity index (χ3v) is 3.09. The van der Waals surface area contributed by atoms with Crippen LogP contribution in [0.4, 0.5) is 0 Å². The molecular weight excluding hydrogens is 202 g/mol. The molecule has 0 radical (unpaired) electrons. The summed E-state index contributed by atoms with van der Waals surface area (Å²) in [5.41, 5.74) is 8.18. The molecule has 0 aliphatic carbocycles. The highest BCUT2D eigenvalue weighted by Crippen LogP contribution is 2.33. The minimum Gasteiger partial charge on any atom is -0.481 e. The van der Waals surface area contributed by atoms with Crippen molar-refractivity contribution in [1.29, 1.82) is 0 Å². The molecule has 0 saturated heterocycles. The van der Waals surface area contributed by atoms with Gasteiger partial charge in [0.1, 0.15) is 0 Å². The smallest absolute Gasteiger partial charge is 0.311 e. The number of benzene rings is 1. The van der Waals surface area contributed by atoms with Crippen molar-refractivity contribution in [3.05, 3.63) is 34.9 Å². The summed E-state index contributed by atoms with van der Waals surface area (Å²) in [6.07, 6.45) is 0. The number of carbonyl (C=O) groups is 1. The van der Waals surface area contributed by atoms with Gasteiger partial charge in [0.2, 0.25) is 0 Å². The molecule has 1 atom stereocenters. The lowest BCUT2D eigenvalue weighted by atomic mass is 9.79. The maximum atomic E-state index is 11.1. The van der Waals surface area contributed by atoms with E-state index < -0.39 is 17.4 Å². The summed E-state index contributed by atoms with van der Waals surface area (Å²) in [6, 6.07) is 5.40. The van der Waals surface area contributed by atoms with Gasteiger partial charge in [-0.1, -0.05) is 23.8 Å². The SMILES string of the molecule is Cc1ccc(C(N)C(C)(C)C(=O)O)c(C)c1. The van der Waals surface area contributed by atoms with E-state index in [1.165, 1.54) is 0 Å². The summed E-state index contributed by atoms with van der Waals surface area (Å²) in [5, 5.41) is 9.14. The normalized spacial score (nSPS) is 13.6. The van der Waals surface area contributed by atoms with E-state index in [4.69, 9.17) is 10.8 Å².